The van der Waals surface area contributed by atoms with Gasteiger partial charge in [-0.3, -0.25) is 14.3 Å². The van der Waals surface area contributed by atoms with Crippen LogP contribution in [-0.4, -0.2) is 21.3 Å². The smallest absolute Gasteiger partial charge is 0.174 e. The van der Waals surface area contributed by atoms with Gasteiger partial charge in [-0.2, -0.15) is 5.10 Å². The Hall–Kier alpha value is -2.01. The fraction of sp³-hybridized carbons (Fsp3) is 0.214. The highest BCUT2D eigenvalue weighted by atomic mass is 35.5. The molecule has 2 rings (SSSR count). The lowest BCUT2D eigenvalue weighted by Crippen LogP contribution is -2.09. The quantitative estimate of drug-likeness (QED) is 0.643. The first kappa shape index (κ1) is 14.4. The summed E-state index contributed by atoms with van der Waals surface area (Å²) in [7, 11) is 1.70. The Morgan fingerprint density at radius 3 is 2.50 bits per heavy atom. The second kappa shape index (κ2) is 5.54. The predicted molar refractivity (Wildman–Crippen MR) is 72.6 cm³/mol. The van der Waals surface area contributed by atoms with Gasteiger partial charge in [0.1, 0.15) is 5.82 Å². The van der Waals surface area contributed by atoms with Gasteiger partial charge in [-0.25, -0.2) is 4.39 Å². The van der Waals surface area contributed by atoms with Gasteiger partial charge in [0.25, 0.3) is 0 Å². The predicted octanol–water partition coefficient (Wildman–Crippen LogP) is 2.98. The fourth-order valence-electron chi connectivity index (χ4n) is 1.93. The van der Waals surface area contributed by atoms with Crippen molar-refractivity contribution in [3.05, 3.63) is 52.1 Å². The number of hydrogen-bond donors (Lipinski definition) is 0. The molecule has 6 heteroatoms. The molecule has 0 aliphatic carbocycles. The zero-order valence-corrected chi connectivity index (χ0v) is 11.7. The Bertz CT molecular complexity index is 694. The lowest BCUT2D eigenvalue weighted by molar-refractivity contribution is 0.0894. The Morgan fingerprint density at radius 2 is 1.95 bits per heavy atom. The van der Waals surface area contributed by atoms with Crippen LogP contribution in [0.15, 0.2) is 24.4 Å². The van der Waals surface area contributed by atoms with Crippen molar-refractivity contribution in [1.29, 1.82) is 0 Å². The third-order valence-electron chi connectivity index (χ3n) is 2.87. The molecule has 0 unspecified atom stereocenters. The van der Waals surface area contributed by atoms with Crippen LogP contribution in [0.4, 0.5) is 4.39 Å². The van der Waals surface area contributed by atoms with Crippen molar-refractivity contribution in [3.63, 3.8) is 0 Å². The molecule has 0 bridgehead atoms. The van der Waals surface area contributed by atoms with Crippen LogP contribution in [0.3, 0.4) is 0 Å². The molecular weight excluding hydrogens is 283 g/mol. The van der Waals surface area contributed by atoms with Crippen molar-refractivity contribution in [2.45, 2.75) is 13.3 Å². The molecular formula is C14H12ClFN2O2. The van der Waals surface area contributed by atoms with Crippen LogP contribution < -0.4 is 0 Å². The highest BCUT2D eigenvalue weighted by Gasteiger charge is 2.19. The largest absolute Gasteiger partial charge is 0.294 e. The van der Waals surface area contributed by atoms with Crippen LogP contribution in [0.5, 0.6) is 0 Å². The van der Waals surface area contributed by atoms with Crippen molar-refractivity contribution < 1.29 is 14.0 Å². The third-order valence-corrected chi connectivity index (χ3v) is 3.18. The molecule has 0 amide bonds. The Labute approximate surface area is 120 Å². The zero-order chi connectivity index (χ0) is 14.9. The van der Waals surface area contributed by atoms with Crippen LogP contribution in [-0.2, 0) is 7.05 Å². The number of hydrogen-bond acceptors (Lipinski definition) is 3. The molecule has 1 aromatic heterocycles. The van der Waals surface area contributed by atoms with Crippen LogP contribution in [0, 0.1) is 12.7 Å². The maximum Gasteiger partial charge on any atom is 0.174 e. The SMILES string of the molecule is Cc1nn(C)cc1C(=O)CC(=O)c1ccc(F)cc1Cl. The van der Waals surface area contributed by atoms with Crippen molar-refractivity contribution in [2.24, 2.45) is 7.05 Å². The Morgan fingerprint density at radius 1 is 1.30 bits per heavy atom. The van der Waals surface area contributed by atoms with Gasteiger partial charge in [-0.15, -0.1) is 0 Å². The number of benzene rings is 1. The van der Waals surface area contributed by atoms with Gasteiger partial charge in [0, 0.05) is 18.8 Å². The van der Waals surface area contributed by atoms with E-state index < -0.39 is 11.6 Å². The van der Waals surface area contributed by atoms with Crippen molar-refractivity contribution >= 4 is 23.2 Å². The minimum atomic E-state index is -0.527. The average molecular weight is 295 g/mol. The molecule has 0 N–H and O–H groups in total. The summed E-state index contributed by atoms with van der Waals surface area (Å²) < 4.78 is 14.4. The fourth-order valence-corrected chi connectivity index (χ4v) is 2.20. The van der Waals surface area contributed by atoms with E-state index in [-0.39, 0.29) is 22.8 Å². The van der Waals surface area contributed by atoms with E-state index in [2.05, 4.69) is 5.10 Å². The molecule has 0 fully saturated rings. The molecule has 0 saturated heterocycles. The van der Waals surface area contributed by atoms with Crippen LogP contribution in [0.1, 0.15) is 32.8 Å². The Balaban J connectivity index is 2.19. The molecule has 0 atom stereocenters. The second-order valence-corrected chi connectivity index (χ2v) is 4.86. The first-order chi connectivity index (χ1) is 9.38. The number of halogens is 2. The molecule has 104 valence electrons. The molecule has 0 aliphatic rings. The van der Waals surface area contributed by atoms with Gasteiger partial charge in [-0.05, 0) is 25.1 Å². The van der Waals surface area contributed by atoms with E-state index >= 15 is 0 Å². The molecule has 1 aromatic carbocycles. The first-order valence-electron chi connectivity index (χ1n) is 5.90. The number of rotatable bonds is 4. The van der Waals surface area contributed by atoms with Crippen LogP contribution in [0.25, 0.3) is 0 Å². The molecule has 2 aromatic rings. The van der Waals surface area contributed by atoms with Crippen molar-refractivity contribution in [1.82, 2.24) is 9.78 Å². The number of aromatic nitrogens is 2. The molecule has 4 nitrogen and oxygen atoms in total. The topological polar surface area (TPSA) is 52.0 Å². The van der Waals surface area contributed by atoms with Gasteiger partial charge < -0.3 is 0 Å². The minimum Gasteiger partial charge on any atom is -0.294 e. The number of ketones is 2. The monoisotopic (exact) mass is 294 g/mol. The number of Topliss-reactive ketones (excluding diaryl/α,β-unsaturated/α-hetero) is 2. The first-order valence-corrected chi connectivity index (χ1v) is 6.28. The van der Waals surface area contributed by atoms with Crippen molar-refractivity contribution in [2.75, 3.05) is 0 Å². The average Bonchev–Trinajstić information content (AvgIpc) is 2.68. The maximum atomic E-state index is 12.9. The van der Waals surface area contributed by atoms with Gasteiger partial charge in [0.2, 0.25) is 0 Å². The molecule has 0 radical (unpaired) electrons. The van der Waals surface area contributed by atoms with Crippen LogP contribution in [0.2, 0.25) is 5.02 Å². The van der Waals surface area contributed by atoms with E-state index in [0.29, 0.717) is 11.3 Å². The summed E-state index contributed by atoms with van der Waals surface area (Å²) in [6.07, 6.45) is 1.25. The standard InChI is InChI=1S/C14H12ClFN2O2/c1-8-11(7-18(2)17-8)14(20)6-13(19)10-4-3-9(16)5-12(10)15/h3-5,7H,6H2,1-2H3. The summed E-state index contributed by atoms with van der Waals surface area (Å²) in [4.78, 5) is 24.1. The van der Waals surface area contributed by atoms with E-state index in [1.54, 1.807) is 20.2 Å². The summed E-state index contributed by atoms with van der Waals surface area (Å²) in [5, 5.41) is 4.06. The minimum absolute atomic E-state index is 0.00529. The Kier molecular flexibility index (Phi) is 3.99. The van der Waals surface area contributed by atoms with E-state index in [1.165, 1.54) is 10.7 Å². The summed E-state index contributed by atoms with van der Waals surface area (Å²) >= 11 is 5.80. The lowest BCUT2D eigenvalue weighted by Gasteiger charge is -2.03. The van der Waals surface area contributed by atoms with E-state index in [4.69, 9.17) is 11.6 Å². The summed E-state index contributed by atoms with van der Waals surface area (Å²) in [6.45, 7) is 1.70. The number of aryl methyl sites for hydroxylation is 2. The molecule has 0 aliphatic heterocycles. The summed E-state index contributed by atoms with van der Waals surface area (Å²) in [5.74, 6) is -1.30. The molecule has 1 heterocycles. The van der Waals surface area contributed by atoms with Gasteiger partial charge in [0.05, 0.1) is 22.7 Å². The highest BCUT2D eigenvalue weighted by molar-refractivity contribution is 6.34. The highest BCUT2D eigenvalue weighted by Crippen LogP contribution is 2.20. The number of nitrogens with zero attached hydrogens (tertiary/aromatic N) is 2. The lowest BCUT2D eigenvalue weighted by atomic mass is 10.0. The van der Waals surface area contributed by atoms with Crippen molar-refractivity contribution in [3.8, 4) is 0 Å². The number of carbonyl (C=O) groups is 2. The zero-order valence-electron chi connectivity index (χ0n) is 11.0. The molecule has 0 spiro atoms. The molecule has 0 saturated carbocycles. The maximum absolute atomic E-state index is 12.9. The van der Waals surface area contributed by atoms with Crippen LogP contribution >= 0.6 is 11.6 Å². The third kappa shape index (κ3) is 2.93. The molecule has 20 heavy (non-hydrogen) atoms. The van der Waals surface area contributed by atoms with E-state index in [1.807, 2.05) is 0 Å². The normalized spacial score (nSPS) is 10.6. The van der Waals surface area contributed by atoms with E-state index in [0.717, 1.165) is 12.1 Å². The second-order valence-electron chi connectivity index (χ2n) is 4.45. The number of carbonyl (C=O) groups excluding carboxylic acids is 2. The van der Waals surface area contributed by atoms with Gasteiger partial charge in [-0.1, -0.05) is 11.6 Å². The summed E-state index contributed by atoms with van der Waals surface area (Å²) in [5.41, 5.74) is 1.11. The summed E-state index contributed by atoms with van der Waals surface area (Å²) in [6, 6.07) is 3.47. The van der Waals surface area contributed by atoms with E-state index in [9.17, 15) is 14.0 Å². The van der Waals surface area contributed by atoms with Gasteiger partial charge >= 0.3 is 0 Å². The van der Waals surface area contributed by atoms with Gasteiger partial charge in [0.15, 0.2) is 11.6 Å².